The molecule has 0 aliphatic carbocycles. The highest BCUT2D eigenvalue weighted by molar-refractivity contribution is 5.39. The van der Waals surface area contributed by atoms with Gasteiger partial charge in [0.2, 0.25) is 0 Å². The zero-order valence-corrected chi connectivity index (χ0v) is 10.1. The second-order valence-electron chi connectivity index (χ2n) is 4.66. The maximum atomic E-state index is 6.10. The van der Waals surface area contributed by atoms with Crippen molar-refractivity contribution >= 4 is 5.82 Å². The molecule has 0 saturated carbocycles. The largest absolute Gasteiger partial charge is 0.355 e. The van der Waals surface area contributed by atoms with Crippen LogP contribution in [0.3, 0.4) is 0 Å². The molecule has 2 N–H and O–H groups in total. The Morgan fingerprint density at radius 1 is 1.56 bits per heavy atom. The van der Waals surface area contributed by atoms with Crippen molar-refractivity contribution < 1.29 is 0 Å². The molecule has 2 heterocycles. The third-order valence-electron chi connectivity index (χ3n) is 3.42. The van der Waals surface area contributed by atoms with Gasteiger partial charge in [-0.3, -0.25) is 0 Å². The van der Waals surface area contributed by atoms with E-state index in [2.05, 4.69) is 28.1 Å². The molecule has 16 heavy (non-hydrogen) atoms. The van der Waals surface area contributed by atoms with Gasteiger partial charge < -0.3 is 10.6 Å². The maximum Gasteiger partial charge on any atom is 0.151 e. The summed E-state index contributed by atoms with van der Waals surface area (Å²) in [5.74, 6) is 1.57. The van der Waals surface area contributed by atoms with Crippen LogP contribution in [-0.2, 0) is 0 Å². The number of anilines is 1. The van der Waals surface area contributed by atoms with E-state index in [4.69, 9.17) is 5.73 Å². The van der Waals surface area contributed by atoms with Crippen molar-refractivity contribution in [2.45, 2.75) is 32.7 Å². The Balaban J connectivity index is 2.11. The number of rotatable bonds is 2. The van der Waals surface area contributed by atoms with Crippen molar-refractivity contribution in [3.8, 4) is 0 Å². The third kappa shape index (κ3) is 2.32. The molecule has 2 atom stereocenters. The van der Waals surface area contributed by atoms with Crippen molar-refractivity contribution in [2.75, 3.05) is 18.0 Å². The Bertz CT molecular complexity index is 353. The summed E-state index contributed by atoms with van der Waals surface area (Å²) >= 11 is 0. The van der Waals surface area contributed by atoms with Gasteiger partial charge in [0.25, 0.3) is 0 Å². The van der Waals surface area contributed by atoms with Gasteiger partial charge in [-0.05, 0) is 30.9 Å². The van der Waals surface area contributed by atoms with Crippen LogP contribution in [0.25, 0.3) is 0 Å². The van der Waals surface area contributed by atoms with E-state index in [1.54, 1.807) is 6.20 Å². The Hall–Kier alpha value is -1.16. The summed E-state index contributed by atoms with van der Waals surface area (Å²) in [5.41, 5.74) is 7.26. The van der Waals surface area contributed by atoms with Crippen LogP contribution in [0.5, 0.6) is 0 Å². The summed E-state index contributed by atoms with van der Waals surface area (Å²) in [6.07, 6.45) is 3.97. The van der Waals surface area contributed by atoms with Gasteiger partial charge in [-0.25, -0.2) is 0 Å². The first-order valence-corrected chi connectivity index (χ1v) is 6.00. The molecular formula is C12H20N4. The fourth-order valence-corrected chi connectivity index (χ4v) is 2.29. The van der Waals surface area contributed by atoms with E-state index in [1.807, 2.05) is 6.92 Å². The van der Waals surface area contributed by atoms with Crippen LogP contribution in [0.2, 0.25) is 0 Å². The van der Waals surface area contributed by atoms with Gasteiger partial charge >= 0.3 is 0 Å². The summed E-state index contributed by atoms with van der Waals surface area (Å²) < 4.78 is 0. The summed E-state index contributed by atoms with van der Waals surface area (Å²) in [4.78, 5) is 2.30. The Kier molecular flexibility index (Phi) is 3.39. The highest BCUT2D eigenvalue weighted by atomic mass is 15.3. The lowest BCUT2D eigenvalue weighted by molar-refractivity contribution is 0.346. The topological polar surface area (TPSA) is 55.0 Å². The third-order valence-corrected chi connectivity index (χ3v) is 3.42. The summed E-state index contributed by atoms with van der Waals surface area (Å²) in [7, 11) is 0. The van der Waals surface area contributed by atoms with Crippen molar-refractivity contribution in [3.05, 3.63) is 17.8 Å². The van der Waals surface area contributed by atoms with E-state index >= 15 is 0 Å². The van der Waals surface area contributed by atoms with Crippen molar-refractivity contribution in [1.29, 1.82) is 0 Å². The first kappa shape index (κ1) is 11.3. The molecule has 0 amide bonds. The van der Waals surface area contributed by atoms with Crippen LogP contribution in [0.4, 0.5) is 5.82 Å². The highest BCUT2D eigenvalue weighted by Gasteiger charge is 2.26. The lowest BCUT2D eigenvalue weighted by Crippen LogP contribution is -2.47. The molecule has 2 unspecified atom stereocenters. The molecule has 1 saturated heterocycles. The number of aromatic nitrogens is 2. The molecule has 0 aromatic carbocycles. The predicted molar refractivity (Wildman–Crippen MR) is 65.4 cm³/mol. The number of hydrogen-bond acceptors (Lipinski definition) is 4. The van der Waals surface area contributed by atoms with Gasteiger partial charge in [0.1, 0.15) is 0 Å². The molecule has 0 radical (unpaired) electrons. The molecule has 1 aliphatic rings. The summed E-state index contributed by atoms with van der Waals surface area (Å²) in [6.45, 7) is 6.26. The van der Waals surface area contributed by atoms with E-state index in [9.17, 15) is 0 Å². The van der Waals surface area contributed by atoms with E-state index in [1.165, 1.54) is 0 Å². The Morgan fingerprint density at radius 3 is 3.06 bits per heavy atom. The van der Waals surface area contributed by atoms with Crippen molar-refractivity contribution in [3.63, 3.8) is 0 Å². The molecule has 1 aliphatic heterocycles. The first-order chi connectivity index (χ1) is 7.70. The number of nitrogens with two attached hydrogens (primary N) is 1. The molecule has 4 nitrogen and oxygen atoms in total. The molecule has 0 spiro atoms. The average molecular weight is 220 g/mol. The lowest BCUT2D eigenvalue weighted by atomic mass is 9.91. The predicted octanol–water partition coefficient (Wildman–Crippen LogP) is 1.35. The quantitative estimate of drug-likeness (QED) is 0.817. The molecule has 1 fully saturated rings. The van der Waals surface area contributed by atoms with Gasteiger partial charge in [0, 0.05) is 19.1 Å². The summed E-state index contributed by atoms with van der Waals surface area (Å²) in [6, 6.07) is 2.44. The highest BCUT2D eigenvalue weighted by Crippen LogP contribution is 2.22. The summed E-state index contributed by atoms with van der Waals surface area (Å²) in [5, 5.41) is 8.20. The minimum Gasteiger partial charge on any atom is -0.355 e. The van der Waals surface area contributed by atoms with Crippen LogP contribution in [0.15, 0.2) is 12.3 Å². The Morgan fingerprint density at radius 2 is 2.38 bits per heavy atom. The standard InChI is InChI=1S/C12H20N4/c1-3-10-8-16(5-4-11(10)13)12-6-9(2)7-14-15-12/h6-7,10-11H,3-5,8,13H2,1-2H3. The number of hydrogen-bond donors (Lipinski definition) is 1. The van der Waals surface area contributed by atoms with Crippen molar-refractivity contribution in [1.82, 2.24) is 10.2 Å². The molecule has 88 valence electrons. The van der Waals surface area contributed by atoms with E-state index < -0.39 is 0 Å². The minimum absolute atomic E-state index is 0.346. The smallest absolute Gasteiger partial charge is 0.151 e. The fraction of sp³-hybridized carbons (Fsp3) is 0.667. The van der Waals surface area contributed by atoms with Crippen molar-refractivity contribution in [2.24, 2.45) is 11.7 Å². The SMILES string of the molecule is CCC1CN(c2cc(C)cnn2)CCC1N. The molecule has 0 bridgehead atoms. The zero-order valence-electron chi connectivity index (χ0n) is 10.1. The van der Waals surface area contributed by atoms with Gasteiger partial charge in [-0.1, -0.05) is 13.3 Å². The normalized spacial score (nSPS) is 25.8. The molecule has 2 rings (SSSR count). The second-order valence-corrected chi connectivity index (χ2v) is 4.66. The molecule has 1 aromatic rings. The van der Waals surface area contributed by atoms with E-state index in [-0.39, 0.29) is 0 Å². The molecule has 4 heteroatoms. The van der Waals surface area contributed by atoms with Crippen LogP contribution >= 0.6 is 0 Å². The lowest BCUT2D eigenvalue weighted by Gasteiger charge is -2.37. The maximum absolute atomic E-state index is 6.10. The fourth-order valence-electron chi connectivity index (χ4n) is 2.29. The molecule has 1 aromatic heterocycles. The second kappa shape index (κ2) is 4.78. The van der Waals surface area contributed by atoms with Crippen LogP contribution in [0.1, 0.15) is 25.3 Å². The van der Waals surface area contributed by atoms with Gasteiger partial charge in [-0.15, -0.1) is 5.10 Å². The van der Waals surface area contributed by atoms with Gasteiger partial charge in [0.15, 0.2) is 5.82 Å². The number of piperidine rings is 1. The monoisotopic (exact) mass is 220 g/mol. The van der Waals surface area contributed by atoms with Crippen LogP contribution in [-0.4, -0.2) is 29.3 Å². The zero-order chi connectivity index (χ0) is 11.5. The number of nitrogens with zero attached hydrogens (tertiary/aromatic N) is 3. The van der Waals surface area contributed by atoms with E-state index in [0.29, 0.717) is 12.0 Å². The first-order valence-electron chi connectivity index (χ1n) is 6.00. The molecular weight excluding hydrogens is 200 g/mol. The van der Waals surface area contributed by atoms with E-state index in [0.717, 1.165) is 37.3 Å². The van der Waals surface area contributed by atoms with Crippen LogP contribution < -0.4 is 10.6 Å². The van der Waals surface area contributed by atoms with Crippen LogP contribution in [0, 0.1) is 12.8 Å². The van der Waals surface area contributed by atoms with Gasteiger partial charge in [-0.2, -0.15) is 5.10 Å². The number of aryl methyl sites for hydroxylation is 1. The minimum atomic E-state index is 0.346. The van der Waals surface area contributed by atoms with Gasteiger partial charge in [0.05, 0.1) is 6.20 Å². The average Bonchev–Trinajstić information content (AvgIpc) is 2.29. The Labute approximate surface area is 96.9 Å².